The Morgan fingerprint density at radius 1 is 1.38 bits per heavy atom. The molecule has 3 nitrogen and oxygen atoms in total. The number of rotatable bonds is 2. The number of benzene rings is 1. The van der Waals surface area contributed by atoms with Crippen molar-refractivity contribution in [1.29, 1.82) is 0 Å². The largest absolute Gasteiger partial charge is 0.393 e. The van der Waals surface area contributed by atoms with Crippen LogP contribution in [-0.4, -0.2) is 24.3 Å². The van der Waals surface area contributed by atoms with Gasteiger partial charge in [-0.15, -0.1) is 0 Å². The second-order valence-corrected chi connectivity index (χ2v) is 4.57. The fraction of sp³-hybridized carbons (Fsp3) is 0.500. The Hall–Kier alpha value is -0.770. The first kappa shape index (κ1) is 11.7. The van der Waals surface area contributed by atoms with Crippen LogP contribution in [0.4, 0.5) is 5.69 Å². The topological polar surface area (TPSA) is 49.5 Å². The lowest BCUT2D eigenvalue weighted by Gasteiger charge is -2.33. The zero-order chi connectivity index (χ0) is 11.5. The molecular weight excluding hydrogens is 224 g/mol. The van der Waals surface area contributed by atoms with E-state index in [1.807, 2.05) is 18.2 Å². The van der Waals surface area contributed by atoms with Crippen LogP contribution in [0.1, 0.15) is 18.4 Å². The molecular formula is C12H17ClN2O. The maximum Gasteiger partial charge on any atom is 0.0574 e. The van der Waals surface area contributed by atoms with Crippen LogP contribution in [0.3, 0.4) is 0 Å². The Balaban J connectivity index is 2.23. The SMILES string of the molecule is NCc1c(Cl)cccc1N1CCC(O)CC1. The number of piperidine rings is 1. The summed E-state index contributed by atoms with van der Waals surface area (Å²) >= 11 is 6.12. The number of nitrogens with zero attached hydrogens (tertiary/aromatic N) is 1. The number of hydrogen-bond donors (Lipinski definition) is 2. The molecule has 2 rings (SSSR count). The summed E-state index contributed by atoms with van der Waals surface area (Å²) in [4.78, 5) is 2.25. The molecule has 0 spiro atoms. The van der Waals surface area contributed by atoms with Crippen molar-refractivity contribution in [2.24, 2.45) is 5.73 Å². The Kier molecular flexibility index (Phi) is 3.69. The van der Waals surface area contributed by atoms with Gasteiger partial charge in [-0.3, -0.25) is 0 Å². The standard InChI is InChI=1S/C12H17ClN2O/c13-11-2-1-3-12(10(11)8-14)15-6-4-9(16)5-7-15/h1-3,9,16H,4-8,14H2. The Morgan fingerprint density at radius 3 is 2.69 bits per heavy atom. The maximum atomic E-state index is 9.48. The van der Waals surface area contributed by atoms with E-state index in [0.29, 0.717) is 6.54 Å². The lowest BCUT2D eigenvalue weighted by Crippen LogP contribution is -2.36. The quantitative estimate of drug-likeness (QED) is 0.828. The first-order chi connectivity index (χ1) is 7.72. The summed E-state index contributed by atoms with van der Waals surface area (Å²) in [6, 6.07) is 5.86. The summed E-state index contributed by atoms with van der Waals surface area (Å²) < 4.78 is 0. The van der Waals surface area contributed by atoms with E-state index in [1.165, 1.54) is 0 Å². The molecule has 0 aliphatic carbocycles. The maximum absolute atomic E-state index is 9.48. The van der Waals surface area contributed by atoms with Crippen LogP contribution < -0.4 is 10.6 Å². The number of anilines is 1. The Morgan fingerprint density at radius 2 is 2.06 bits per heavy atom. The Labute approximate surface area is 101 Å². The highest BCUT2D eigenvalue weighted by atomic mass is 35.5. The second-order valence-electron chi connectivity index (χ2n) is 4.16. The second kappa shape index (κ2) is 5.04. The van der Waals surface area contributed by atoms with Crippen LogP contribution in [0.15, 0.2) is 18.2 Å². The molecule has 1 aromatic carbocycles. The summed E-state index contributed by atoms with van der Waals surface area (Å²) in [6.45, 7) is 2.19. The third kappa shape index (κ3) is 2.32. The molecule has 1 heterocycles. The van der Waals surface area contributed by atoms with Crippen molar-refractivity contribution in [3.05, 3.63) is 28.8 Å². The summed E-state index contributed by atoms with van der Waals surface area (Å²) in [5.41, 5.74) is 7.84. The molecule has 0 atom stereocenters. The lowest BCUT2D eigenvalue weighted by molar-refractivity contribution is 0.145. The number of halogens is 1. The van der Waals surface area contributed by atoms with Crippen molar-refractivity contribution in [3.8, 4) is 0 Å². The average Bonchev–Trinajstić information content (AvgIpc) is 2.30. The van der Waals surface area contributed by atoms with Crippen molar-refractivity contribution in [3.63, 3.8) is 0 Å². The monoisotopic (exact) mass is 240 g/mol. The first-order valence-corrected chi connectivity index (χ1v) is 6.00. The van der Waals surface area contributed by atoms with Crippen molar-refractivity contribution in [2.45, 2.75) is 25.5 Å². The highest BCUT2D eigenvalue weighted by Crippen LogP contribution is 2.29. The van der Waals surface area contributed by atoms with Gasteiger partial charge in [0.1, 0.15) is 0 Å². The third-order valence-corrected chi connectivity index (χ3v) is 3.46. The zero-order valence-electron chi connectivity index (χ0n) is 9.19. The van der Waals surface area contributed by atoms with E-state index >= 15 is 0 Å². The summed E-state index contributed by atoms with van der Waals surface area (Å²) in [5, 5.41) is 10.2. The van der Waals surface area contributed by atoms with E-state index in [4.69, 9.17) is 17.3 Å². The number of aliphatic hydroxyl groups is 1. The lowest BCUT2D eigenvalue weighted by atomic mass is 10.1. The minimum absolute atomic E-state index is 0.156. The summed E-state index contributed by atoms with van der Waals surface area (Å²) in [6.07, 6.45) is 1.48. The highest BCUT2D eigenvalue weighted by molar-refractivity contribution is 6.31. The molecule has 0 radical (unpaired) electrons. The molecule has 3 N–H and O–H groups in total. The van der Waals surface area contributed by atoms with Gasteiger partial charge >= 0.3 is 0 Å². The fourth-order valence-corrected chi connectivity index (χ4v) is 2.40. The smallest absolute Gasteiger partial charge is 0.0574 e. The number of hydrogen-bond acceptors (Lipinski definition) is 3. The van der Waals surface area contributed by atoms with Crippen LogP contribution in [0.5, 0.6) is 0 Å². The number of aliphatic hydroxyl groups excluding tert-OH is 1. The van der Waals surface area contributed by atoms with Crippen LogP contribution in [-0.2, 0) is 6.54 Å². The molecule has 1 aliphatic rings. The van der Waals surface area contributed by atoms with E-state index in [0.717, 1.165) is 42.2 Å². The molecule has 4 heteroatoms. The van der Waals surface area contributed by atoms with Gasteiger partial charge in [0, 0.05) is 35.9 Å². The van der Waals surface area contributed by atoms with E-state index < -0.39 is 0 Å². The average molecular weight is 241 g/mol. The van der Waals surface area contributed by atoms with Crippen molar-refractivity contribution in [2.75, 3.05) is 18.0 Å². The third-order valence-electron chi connectivity index (χ3n) is 3.10. The molecule has 88 valence electrons. The molecule has 16 heavy (non-hydrogen) atoms. The van der Waals surface area contributed by atoms with Crippen LogP contribution in [0.25, 0.3) is 0 Å². The van der Waals surface area contributed by atoms with Gasteiger partial charge in [-0.2, -0.15) is 0 Å². The van der Waals surface area contributed by atoms with Gasteiger partial charge in [-0.05, 0) is 25.0 Å². The van der Waals surface area contributed by atoms with Gasteiger partial charge in [0.2, 0.25) is 0 Å². The molecule has 0 amide bonds. The normalized spacial score (nSPS) is 17.8. The molecule has 1 saturated heterocycles. The van der Waals surface area contributed by atoms with Crippen LogP contribution in [0, 0.1) is 0 Å². The van der Waals surface area contributed by atoms with Gasteiger partial charge in [-0.1, -0.05) is 17.7 Å². The van der Waals surface area contributed by atoms with Gasteiger partial charge in [0.15, 0.2) is 0 Å². The summed E-state index contributed by atoms with van der Waals surface area (Å²) in [5.74, 6) is 0. The van der Waals surface area contributed by atoms with E-state index in [2.05, 4.69) is 4.90 Å². The van der Waals surface area contributed by atoms with Crippen molar-refractivity contribution < 1.29 is 5.11 Å². The van der Waals surface area contributed by atoms with Crippen LogP contribution in [0.2, 0.25) is 5.02 Å². The molecule has 1 aromatic rings. The fourth-order valence-electron chi connectivity index (χ4n) is 2.15. The van der Waals surface area contributed by atoms with Crippen molar-refractivity contribution in [1.82, 2.24) is 0 Å². The molecule has 0 saturated carbocycles. The van der Waals surface area contributed by atoms with Gasteiger partial charge < -0.3 is 15.7 Å². The summed E-state index contributed by atoms with van der Waals surface area (Å²) in [7, 11) is 0. The van der Waals surface area contributed by atoms with E-state index in [-0.39, 0.29) is 6.10 Å². The molecule has 0 aromatic heterocycles. The Bertz CT molecular complexity index is 362. The number of nitrogens with two attached hydrogens (primary N) is 1. The van der Waals surface area contributed by atoms with Crippen LogP contribution >= 0.6 is 11.6 Å². The van der Waals surface area contributed by atoms with E-state index in [1.54, 1.807) is 0 Å². The minimum atomic E-state index is -0.156. The first-order valence-electron chi connectivity index (χ1n) is 5.63. The molecule has 1 aliphatic heterocycles. The zero-order valence-corrected chi connectivity index (χ0v) is 9.95. The van der Waals surface area contributed by atoms with Gasteiger partial charge in [0.25, 0.3) is 0 Å². The molecule has 0 unspecified atom stereocenters. The molecule has 0 bridgehead atoms. The van der Waals surface area contributed by atoms with Gasteiger partial charge in [0.05, 0.1) is 6.10 Å². The minimum Gasteiger partial charge on any atom is -0.393 e. The predicted octanol–water partition coefficient (Wildman–Crippen LogP) is 1.76. The van der Waals surface area contributed by atoms with Crippen molar-refractivity contribution >= 4 is 17.3 Å². The molecule has 1 fully saturated rings. The highest BCUT2D eigenvalue weighted by Gasteiger charge is 2.19. The predicted molar refractivity (Wildman–Crippen MR) is 66.8 cm³/mol. The van der Waals surface area contributed by atoms with E-state index in [9.17, 15) is 5.11 Å². The van der Waals surface area contributed by atoms with Gasteiger partial charge in [-0.25, -0.2) is 0 Å².